The second kappa shape index (κ2) is 6.01. The van der Waals surface area contributed by atoms with E-state index in [0.717, 1.165) is 6.42 Å². The summed E-state index contributed by atoms with van der Waals surface area (Å²) in [6.45, 7) is 4.12. The second-order valence-electron chi connectivity index (χ2n) is 2.98. The summed E-state index contributed by atoms with van der Waals surface area (Å²) in [5.41, 5.74) is -0.574. The van der Waals surface area contributed by atoms with Gasteiger partial charge in [0.1, 0.15) is 0 Å². The van der Waals surface area contributed by atoms with Crippen LogP contribution in [0.1, 0.15) is 20.3 Å². The predicted octanol–water partition coefficient (Wildman–Crippen LogP) is -0.267. The first kappa shape index (κ1) is 11.4. The molecule has 0 spiro atoms. The van der Waals surface area contributed by atoms with Crippen molar-refractivity contribution in [3.05, 3.63) is 0 Å². The van der Waals surface area contributed by atoms with Gasteiger partial charge >= 0.3 is 0 Å². The Hall–Kier alpha value is -0.560. The summed E-state index contributed by atoms with van der Waals surface area (Å²) in [5.74, 6) is 5.67. The molecular weight excluding hydrogens is 154 g/mol. The summed E-state index contributed by atoms with van der Waals surface area (Å²) in [7, 11) is 0. The van der Waals surface area contributed by atoms with E-state index in [0.29, 0.717) is 6.54 Å². The van der Waals surface area contributed by atoms with E-state index >= 15 is 0 Å². The molecule has 0 saturated heterocycles. The minimum atomic E-state index is -0.574. The molecular formula is C9H17NO2. The van der Waals surface area contributed by atoms with Crippen molar-refractivity contribution in [3.63, 3.8) is 0 Å². The van der Waals surface area contributed by atoms with Gasteiger partial charge in [-0.15, -0.1) is 11.8 Å². The van der Waals surface area contributed by atoms with Gasteiger partial charge in [-0.25, -0.2) is 0 Å². The zero-order chi connectivity index (χ0) is 9.45. The highest BCUT2D eigenvalue weighted by molar-refractivity contribution is 4.96. The lowest BCUT2D eigenvalue weighted by Gasteiger charge is -2.25. The molecule has 0 aliphatic heterocycles. The molecule has 0 aliphatic rings. The fourth-order valence-electron chi connectivity index (χ4n) is 0.714. The molecule has 0 unspecified atom stereocenters. The summed E-state index contributed by atoms with van der Waals surface area (Å²) in [4.78, 5) is 0. The van der Waals surface area contributed by atoms with Gasteiger partial charge in [-0.05, 0) is 13.8 Å². The first-order valence-electron chi connectivity index (χ1n) is 4.05. The van der Waals surface area contributed by atoms with Gasteiger partial charge in [-0.2, -0.15) is 0 Å². The Morgan fingerprint density at radius 1 is 1.33 bits per heavy atom. The monoisotopic (exact) mass is 171 g/mol. The van der Waals surface area contributed by atoms with Crippen molar-refractivity contribution in [2.45, 2.75) is 25.8 Å². The van der Waals surface area contributed by atoms with Gasteiger partial charge in [-0.1, -0.05) is 0 Å². The van der Waals surface area contributed by atoms with E-state index in [2.05, 4.69) is 17.2 Å². The lowest BCUT2D eigenvalue weighted by molar-refractivity contribution is 0.105. The molecule has 3 nitrogen and oxygen atoms in total. The maximum Gasteiger partial charge on any atom is 0.0633 e. The average Bonchev–Trinajstić information content (AvgIpc) is 2.12. The standard InChI is InChI=1S/C9H17NO2/c1-3-4-5-6-10-9(2,7-11)8-12/h10-12H,5-8H2,1-2H3. The van der Waals surface area contributed by atoms with Crippen molar-refractivity contribution in [1.82, 2.24) is 5.32 Å². The smallest absolute Gasteiger partial charge is 0.0633 e. The van der Waals surface area contributed by atoms with E-state index < -0.39 is 5.54 Å². The highest BCUT2D eigenvalue weighted by atomic mass is 16.3. The lowest BCUT2D eigenvalue weighted by Crippen LogP contribution is -2.49. The summed E-state index contributed by atoms with van der Waals surface area (Å²) in [6.07, 6.45) is 0.742. The first-order chi connectivity index (χ1) is 5.68. The molecule has 70 valence electrons. The second-order valence-corrected chi connectivity index (χ2v) is 2.98. The number of aliphatic hydroxyl groups excluding tert-OH is 2. The minimum Gasteiger partial charge on any atom is -0.394 e. The molecule has 0 aromatic rings. The molecule has 0 atom stereocenters. The van der Waals surface area contributed by atoms with Crippen LogP contribution in [-0.4, -0.2) is 35.5 Å². The molecule has 0 amide bonds. The molecule has 0 aromatic carbocycles. The van der Waals surface area contributed by atoms with Crippen LogP contribution in [0.2, 0.25) is 0 Å². The Balaban J connectivity index is 3.63. The van der Waals surface area contributed by atoms with Crippen LogP contribution in [0.15, 0.2) is 0 Å². The van der Waals surface area contributed by atoms with Crippen LogP contribution in [0, 0.1) is 11.8 Å². The molecule has 0 bridgehead atoms. The molecule has 0 saturated carbocycles. The fourth-order valence-corrected chi connectivity index (χ4v) is 0.714. The molecule has 0 rings (SSSR count). The highest BCUT2D eigenvalue weighted by Crippen LogP contribution is 1.99. The maximum absolute atomic E-state index is 8.88. The van der Waals surface area contributed by atoms with Gasteiger partial charge in [0, 0.05) is 13.0 Å². The van der Waals surface area contributed by atoms with Gasteiger partial charge in [-0.3, -0.25) is 0 Å². The van der Waals surface area contributed by atoms with E-state index in [-0.39, 0.29) is 13.2 Å². The van der Waals surface area contributed by atoms with Gasteiger partial charge in [0.05, 0.1) is 18.8 Å². The molecule has 0 heterocycles. The lowest BCUT2D eigenvalue weighted by atomic mass is 10.1. The third kappa shape index (κ3) is 4.35. The Bertz CT molecular complexity index is 165. The van der Waals surface area contributed by atoms with Crippen LogP contribution >= 0.6 is 0 Å². The van der Waals surface area contributed by atoms with Crippen molar-refractivity contribution in [3.8, 4) is 11.8 Å². The Morgan fingerprint density at radius 2 is 1.92 bits per heavy atom. The highest BCUT2D eigenvalue weighted by Gasteiger charge is 2.20. The van der Waals surface area contributed by atoms with Crippen molar-refractivity contribution < 1.29 is 10.2 Å². The molecule has 3 N–H and O–H groups in total. The summed E-state index contributed by atoms with van der Waals surface area (Å²) in [5, 5.41) is 20.8. The van der Waals surface area contributed by atoms with E-state index in [4.69, 9.17) is 10.2 Å². The van der Waals surface area contributed by atoms with Crippen molar-refractivity contribution in [2.24, 2.45) is 0 Å². The van der Waals surface area contributed by atoms with Gasteiger partial charge < -0.3 is 15.5 Å². The third-order valence-corrected chi connectivity index (χ3v) is 1.68. The van der Waals surface area contributed by atoms with Gasteiger partial charge in [0.2, 0.25) is 0 Å². The Kier molecular flexibility index (Phi) is 5.73. The zero-order valence-electron chi connectivity index (χ0n) is 7.72. The first-order valence-corrected chi connectivity index (χ1v) is 4.05. The van der Waals surface area contributed by atoms with E-state index in [1.807, 2.05) is 0 Å². The van der Waals surface area contributed by atoms with Crippen LogP contribution in [0.25, 0.3) is 0 Å². The van der Waals surface area contributed by atoms with Gasteiger partial charge in [0.15, 0.2) is 0 Å². The van der Waals surface area contributed by atoms with E-state index in [9.17, 15) is 0 Å². The molecule has 3 heteroatoms. The van der Waals surface area contributed by atoms with Crippen LogP contribution in [-0.2, 0) is 0 Å². The maximum atomic E-state index is 8.88. The van der Waals surface area contributed by atoms with Crippen LogP contribution in [0.4, 0.5) is 0 Å². The quantitative estimate of drug-likeness (QED) is 0.394. The molecule has 12 heavy (non-hydrogen) atoms. The van der Waals surface area contributed by atoms with Crippen LogP contribution in [0.3, 0.4) is 0 Å². The minimum absolute atomic E-state index is 0.0664. The van der Waals surface area contributed by atoms with E-state index in [1.165, 1.54) is 0 Å². The molecule has 0 aliphatic carbocycles. The van der Waals surface area contributed by atoms with Crippen LogP contribution < -0.4 is 5.32 Å². The summed E-state index contributed by atoms with van der Waals surface area (Å²) < 4.78 is 0. The number of rotatable bonds is 5. The largest absolute Gasteiger partial charge is 0.394 e. The molecule has 0 aromatic heterocycles. The summed E-state index contributed by atoms with van der Waals surface area (Å²) >= 11 is 0. The SMILES string of the molecule is CC#CCCNC(C)(CO)CO. The Morgan fingerprint density at radius 3 is 2.33 bits per heavy atom. The van der Waals surface area contributed by atoms with E-state index in [1.54, 1.807) is 13.8 Å². The number of nitrogens with one attached hydrogen (secondary N) is 1. The molecule has 0 fully saturated rings. The molecule has 0 radical (unpaired) electrons. The topological polar surface area (TPSA) is 52.5 Å². The third-order valence-electron chi connectivity index (χ3n) is 1.68. The Labute approximate surface area is 73.8 Å². The predicted molar refractivity (Wildman–Crippen MR) is 48.6 cm³/mol. The number of hydrogen-bond donors (Lipinski definition) is 3. The number of aliphatic hydroxyl groups is 2. The van der Waals surface area contributed by atoms with Crippen LogP contribution in [0.5, 0.6) is 0 Å². The van der Waals surface area contributed by atoms with Crippen molar-refractivity contribution in [1.29, 1.82) is 0 Å². The van der Waals surface area contributed by atoms with Crippen molar-refractivity contribution in [2.75, 3.05) is 19.8 Å². The fraction of sp³-hybridized carbons (Fsp3) is 0.778. The summed E-state index contributed by atoms with van der Waals surface area (Å²) in [6, 6.07) is 0. The normalized spacial score (nSPS) is 10.7. The zero-order valence-corrected chi connectivity index (χ0v) is 7.72. The van der Waals surface area contributed by atoms with Gasteiger partial charge in [0.25, 0.3) is 0 Å². The number of hydrogen-bond acceptors (Lipinski definition) is 3. The average molecular weight is 171 g/mol. The van der Waals surface area contributed by atoms with Crippen molar-refractivity contribution >= 4 is 0 Å².